The quantitative estimate of drug-likeness (QED) is 0.212. The van der Waals surface area contributed by atoms with Gasteiger partial charge >= 0.3 is 0 Å². The Morgan fingerprint density at radius 3 is 2.50 bits per heavy atom. The van der Waals surface area contributed by atoms with Crippen molar-refractivity contribution in [2.75, 3.05) is 39.0 Å². The summed E-state index contributed by atoms with van der Waals surface area (Å²) in [6, 6.07) is 13.3. The third-order valence-corrected chi connectivity index (χ3v) is 7.91. The summed E-state index contributed by atoms with van der Waals surface area (Å²) in [5.74, 6) is 0.829. The summed E-state index contributed by atoms with van der Waals surface area (Å²) in [7, 11) is -1.49. The Balaban J connectivity index is 0.00000320. The molecule has 1 aliphatic heterocycles. The molecular formula is C21H31IN4O2S2. The molecule has 0 radical (unpaired) electrons. The lowest BCUT2D eigenvalue weighted by atomic mass is 10.2. The van der Waals surface area contributed by atoms with Gasteiger partial charge < -0.3 is 10.6 Å². The Kier molecular flexibility index (Phi) is 10.6. The van der Waals surface area contributed by atoms with E-state index in [-0.39, 0.29) is 29.7 Å². The van der Waals surface area contributed by atoms with Crippen LogP contribution in [0.5, 0.6) is 0 Å². The third-order valence-electron chi connectivity index (χ3n) is 5.12. The number of nitrogens with one attached hydrogen (secondary N) is 2. The van der Waals surface area contributed by atoms with Gasteiger partial charge in [0.1, 0.15) is 0 Å². The highest BCUT2D eigenvalue weighted by atomic mass is 127. The van der Waals surface area contributed by atoms with Crippen LogP contribution in [0.1, 0.15) is 30.2 Å². The predicted molar refractivity (Wildman–Crippen MR) is 136 cm³/mol. The average molecular weight is 563 g/mol. The van der Waals surface area contributed by atoms with Gasteiger partial charge in [-0.2, -0.15) is 0 Å². The highest BCUT2D eigenvalue weighted by Gasteiger charge is 2.24. The summed E-state index contributed by atoms with van der Waals surface area (Å²) >= 11 is 1.79. The topological polar surface area (TPSA) is 73.8 Å². The van der Waals surface area contributed by atoms with Gasteiger partial charge in [0.2, 0.25) is 0 Å². The normalized spacial score (nSPS) is 16.1. The smallest absolute Gasteiger partial charge is 0.191 e. The van der Waals surface area contributed by atoms with Crippen LogP contribution in [0.25, 0.3) is 0 Å². The number of aliphatic imine (C=N–C) groups is 1. The zero-order chi connectivity index (χ0) is 20.5. The molecule has 0 bridgehead atoms. The first-order valence-electron chi connectivity index (χ1n) is 10.1. The van der Waals surface area contributed by atoms with Crippen LogP contribution in [0.4, 0.5) is 0 Å². The molecule has 1 aliphatic rings. The number of sulfone groups is 1. The molecule has 30 heavy (non-hydrogen) atoms. The highest BCUT2D eigenvalue weighted by molar-refractivity contribution is 14.0. The number of hydrogen-bond acceptors (Lipinski definition) is 5. The Bertz CT molecular complexity index is 868. The van der Waals surface area contributed by atoms with Gasteiger partial charge in [-0.1, -0.05) is 24.3 Å². The zero-order valence-electron chi connectivity index (χ0n) is 17.3. The van der Waals surface area contributed by atoms with Gasteiger partial charge in [0.25, 0.3) is 0 Å². The van der Waals surface area contributed by atoms with E-state index in [9.17, 15) is 8.42 Å². The molecule has 0 aliphatic carbocycles. The number of nitrogens with zero attached hydrogens (tertiary/aromatic N) is 2. The molecular weight excluding hydrogens is 531 g/mol. The van der Waals surface area contributed by atoms with E-state index in [4.69, 9.17) is 0 Å². The standard InChI is InChI=1S/C21H30N4O2S2.HI/c1-22-21(23-12-8-16-29(26,27)18-9-3-2-4-10-18)24-17-19(20-11-7-15-28-20)25-13-5-6-14-25;/h2-4,7,9-11,15,19H,5-6,8,12-14,16-17H2,1H3,(H2,22,23,24);1H. The number of halogens is 1. The molecule has 1 aromatic heterocycles. The van der Waals surface area contributed by atoms with Crippen molar-refractivity contribution < 1.29 is 8.42 Å². The molecule has 0 saturated carbocycles. The maximum Gasteiger partial charge on any atom is 0.191 e. The van der Waals surface area contributed by atoms with Gasteiger partial charge in [-0.15, -0.1) is 35.3 Å². The van der Waals surface area contributed by atoms with Gasteiger partial charge in [-0.3, -0.25) is 9.89 Å². The van der Waals surface area contributed by atoms with Crippen LogP contribution in [-0.2, 0) is 9.84 Å². The second-order valence-corrected chi connectivity index (χ2v) is 10.2. The zero-order valence-corrected chi connectivity index (χ0v) is 21.3. The van der Waals surface area contributed by atoms with E-state index in [2.05, 4.69) is 38.0 Å². The second kappa shape index (κ2) is 12.6. The third kappa shape index (κ3) is 7.21. The van der Waals surface area contributed by atoms with E-state index in [0.717, 1.165) is 19.6 Å². The molecule has 9 heteroatoms. The summed E-state index contributed by atoms with van der Waals surface area (Å²) in [4.78, 5) is 8.56. The predicted octanol–water partition coefficient (Wildman–Crippen LogP) is 3.53. The van der Waals surface area contributed by atoms with Crippen LogP contribution in [0.15, 0.2) is 57.7 Å². The van der Waals surface area contributed by atoms with Crippen molar-refractivity contribution in [1.82, 2.24) is 15.5 Å². The molecule has 1 saturated heterocycles. The number of rotatable bonds is 9. The van der Waals surface area contributed by atoms with Crippen molar-refractivity contribution in [2.45, 2.75) is 30.2 Å². The number of thiophene rings is 1. The van der Waals surface area contributed by atoms with Crippen LogP contribution in [0.3, 0.4) is 0 Å². The minimum absolute atomic E-state index is 0. The number of benzene rings is 1. The fourth-order valence-electron chi connectivity index (χ4n) is 3.57. The van der Waals surface area contributed by atoms with Crippen LogP contribution < -0.4 is 10.6 Å². The number of likely N-dealkylation sites (tertiary alicyclic amines) is 1. The van der Waals surface area contributed by atoms with Gasteiger partial charge in [0, 0.05) is 25.0 Å². The fraction of sp³-hybridized carbons (Fsp3) is 0.476. The lowest BCUT2D eigenvalue weighted by molar-refractivity contribution is 0.249. The van der Waals surface area contributed by atoms with Crippen LogP contribution in [0.2, 0.25) is 0 Å². The molecule has 166 valence electrons. The van der Waals surface area contributed by atoms with Crippen molar-refractivity contribution in [3.63, 3.8) is 0 Å². The van der Waals surface area contributed by atoms with Gasteiger partial charge in [0.15, 0.2) is 15.8 Å². The Morgan fingerprint density at radius 1 is 1.13 bits per heavy atom. The number of guanidine groups is 1. The van der Waals surface area contributed by atoms with Crippen molar-refractivity contribution in [1.29, 1.82) is 0 Å². The minimum atomic E-state index is -3.24. The average Bonchev–Trinajstić information content (AvgIpc) is 3.45. The Hall–Kier alpha value is -1.17. The lowest BCUT2D eigenvalue weighted by Gasteiger charge is -2.27. The molecule has 1 aromatic carbocycles. The Morgan fingerprint density at radius 2 is 1.87 bits per heavy atom. The maximum atomic E-state index is 12.4. The molecule has 3 rings (SSSR count). The van der Waals surface area contributed by atoms with Crippen molar-refractivity contribution in [3.05, 3.63) is 52.7 Å². The molecule has 1 fully saturated rings. The van der Waals surface area contributed by atoms with E-state index in [1.165, 1.54) is 17.7 Å². The first-order chi connectivity index (χ1) is 14.1. The summed E-state index contributed by atoms with van der Waals surface area (Å²) < 4.78 is 24.7. The molecule has 6 nitrogen and oxygen atoms in total. The van der Waals surface area contributed by atoms with Gasteiger partial charge in [0.05, 0.1) is 16.7 Å². The van der Waals surface area contributed by atoms with E-state index in [0.29, 0.717) is 29.9 Å². The summed E-state index contributed by atoms with van der Waals surface area (Å²) in [6.45, 7) is 3.60. The largest absolute Gasteiger partial charge is 0.356 e. The summed E-state index contributed by atoms with van der Waals surface area (Å²) in [5.41, 5.74) is 0. The lowest BCUT2D eigenvalue weighted by Crippen LogP contribution is -2.43. The van der Waals surface area contributed by atoms with E-state index < -0.39 is 9.84 Å². The van der Waals surface area contributed by atoms with Crippen LogP contribution in [0, 0.1) is 0 Å². The van der Waals surface area contributed by atoms with E-state index in [1.54, 1.807) is 42.6 Å². The van der Waals surface area contributed by atoms with Gasteiger partial charge in [-0.05, 0) is 55.9 Å². The molecule has 2 aromatic rings. The molecule has 2 N–H and O–H groups in total. The highest BCUT2D eigenvalue weighted by Crippen LogP contribution is 2.27. The molecule has 0 amide bonds. The van der Waals surface area contributed by atoms with Crippen LogP contribution in [-0.4, -0.2) is 58.3 Å². The first-order valence-corrected chi connectivity index (χ1v) is 12.6. The minimum Gasteiger partial charge on any atom is -0.356 e. The summed E-state index contributed by atoms with van der Waals surface area (Å²) in [6.07, 6.45) is 3.04. The molecule has 1 unspecified atom stereocenters. The van der Waals surface area contributed by atoms with Crippen LogP contribution >= 0.6 is 35.3 Å². The molecule has 1 atom stereocenters. The number of hydrogen-bond donors (Lipinski definition) is 2. The SMILES string of the molecule is CN=C(NCCCS(=O)(=O)c1ccccc1)NCC(c1cccs1)N1CCCC1.I. The fourth-order valence-corrected chi connectivity index (χ4v) is 5.77. The van der Waals surface area contributed by atoms with Crippen molar-refractivity contribution >= 4 is 51.1 Å². The molecule has 2 heterocycles. The summed E-state index contributed by atoms with van der Waals surface area (Å²) in [5, 5.41) is 8.79. The monoisotopic (exact) mass is 562 g/mol. The van der Waals surface area contributed by atoms with E-state index in [1.807, 2.05) is 6.07 Å². The Labute approximate surface area is 201 Å². The maximum absolute atomic E-state index is 12.4. The van der Waals surface area contributed by atoms with Gasteiger partial charge in [-0.25, -0.2) is 8.42 Å². The second-order valence-electron chi connectivity index (χ2n) is 7.14. The van der Waals surface area contributed by atoms with E-state index >= 15 is 0 Å². The van der Waals surface area contributed by atoms with Crippen molar-refractivity contribution in [3.8, 4) is 0 Å². The van der Waals surface area contributed by atoms with Crippen molar-refractivity contribution in [2.24, 2.45) is 4.99 Å². The molecule has 0 spiro atoms. The first kappa shape index (κ1) is 25.1.